The summed E-state index contributed by atoms with van der Waals surface area (Å²) in [6.45, 7) is 3.00. The van der Waals surface area contributed by atoms with Crippen molar-refractivity contribution in [2.24, 2.45) is 4.99 Å². The number of nitrogens with zero attached hydrogens (tertiary/aromatic N) is 3. The number of aliphatic hydroxyl groups is 2. The molecule has 1 aromatic heterocycles. The number of benzene rings is 3. The maximum atomic E-state index is 13.0. The number of aliphatic hydroxyl groups excluding tert-OH is 1. The van der Waals surface area contributed by atoms with Crippen LogP contribution in [0.1, 0.15) is 73.2 Å². The number of ether oxygens (including phenoxy) is 3. The second kappa shape index (κ2) is 17.7. The van der Waals surface area contributed by atoms with Gasteiger partial charge >= 0.3 is 12.1 Å². The molecule has 55 heavy (non-hydrogen) atoms. The molecule has 14 nitrogen and oxygen atoms in total. The maximum absolute atomic E-state index is 13.0. The van der Waals surface area contributed by atoms with Crippen molar-refractivity contribution in [1.82, 2.24) is 14.9 Å². The van der Waals surface area contributed by atoms with Crippen LogP contribution in [-0.4, -0.2) is 86.6 Å². The molecule has 0 saturated carbocycles. The summed E-state index contributed by atoms with van der Waals surface area (Å²) in [5.41, 5.74) is 4.88. The average molecular weight is 819 g/mol. The van der Waals surface area contributed by atoms with Crippen molar-refractivity contribution in [2.75, 3.05) is 25.1 Å². The van der Waals surface area contributed by atoms with Crippen molar-refractivity contribution in [1.29, 1.82) is 0 Å². The van der Waals surface area contributed by atoms with Gasteiger partial charge in [-0.05, 0) is 85.7 Å². The summed E-state index contributed by atoms with van der Waals surface area (Å²) in [6.07, 6.45) is 0.0169. The predicted molar refractivity (Wildman–Crippen MR) is 205 cm³/mol. The zero-order chi connectivity index (χ0) is 39.1. The summed E-state index contributed by atoms with van der Waals surface area (Å²) in [5.74, 6) is -3.00. The van der Waals surface area contributed by atoms with Gasteiger partial charge in [0.25, 0.3) is 5.91 Å². The van der Waals surface area contributed by atoms with Crippen LogP contribution in [0, 0.1) is 0 Å². The Bertz CT molecular complexity index is 2020. The van der Waals surface area contributed by atoms with Crippen LogP contribution in [0.4, 0.5) is 10.6 Å². The first-order valence-corrected chi connectivity index (χ1v) is 18.9. The molecule has 1 aliphatic carbocycles. The van der Waals surface area contributed by atoms with Crippen LogP contribution >= 0.6 is 15.9 Å². The third-order valence-corrected chi connectivity index (χ3v) is 9.87. The van der Waals surface area contributed by atoms with Crippen LogP contribution < -0.4 is 16.3 Å². The van der Waals surface area contributed by atoms with Crippen molar-refractivity contribution in [3.05, 3.63) is 112 Å². The molecule has 2 heterocycles. The lowest BCUT2D eigenvalue weighted by Gasteiger charge is -2.28. The SMILES string of the molecule is CC(C)(O)OC1C[C@@H](CO)O[C@H]1n1ccc(NC(=O)c2ccc(Br)cc2)nc1=NCCCC[C@H](NC(=O)OCC1c2ccccc2-c2ccccc21)C(=O)O. The Morgan fingerprint density at radius 3 is 2.33 bits per heavy atom. The molecule has 0 radical (unpaired) electrons. The van der Waals surface area contributed by atoms with Gasteiger partial charge in [0.15, 0.2) is 12.0 Å². The van der Waals surface area contributed by atoms with Crippen molar-refractivity contribution in [3.8, 4) is 11.1 Å². The third kappa shape index (κ3) is 10.0. The van der Waals surface area contributed by atoms with Gasteiger partial charge in [0.2, 0.25) is 5.62 Å². The summed E-state index contributed by atoms with van der Waals surface area (Å²) in [6, 6.07) is 23.1. The molecular weight excluding hydrogens is 774 g/mol. The summed E-state index contributed by atoms with van der Waals surface area (Å²) in [5, 5.41) is 35.4. The Hall–Kier alpha value is -4.93. The number of amides is 2. The molecule has 5 N–H and O–H groups in total. The van der Waals surface area contributed by atoms with Crippen molar-refractivity contribution in [3.63, 3.8) is 0 Å². The van der Waals surface area contributed by atoms with Gasteiger partial charge in [-0.2, -0.15) is 4.98 Å². The Kier molecular flexibility index (Phi) is 12.8. The van der Waals surface area contributed by atoms with E-state index in [4.69, 9.17) is 14.2 Å². The van der Waals surface area contributed by atoms with E-state index < -0.39 is 42.3 Å². The van der Waals surface area contributed by atoms with Gasteiger partial charge < -0.3 is 40.2 Å². The van der Waals surface area contributed by atoms with E-state index in [1.54, 1.807) is 41.1 Å². The minimum atomic E-state index is -1.49. The standard InChI is InChI=1S/C40H44BrN5O9/c1-40(2,52)55-33-21-26(22-47)54-36(33)46-20-18-34(44-35(48)24-14-16-25(41)17-15-24)45-38(46)42-19-8-7-13-32(37(49)50)43-39(51)53-23-31-29-11-5-3-9-27(29)28-10-4-6-12-30(28)31/h3-6,9-12,14-18,20,26,31-33,36,47,52H,7-8,13,19,21-23H2,1-2H3,(H,43,51)(H,49,50)(H,42,44,45,48)/t26-,32-,33?,36+/m0/s1. The lowest BCUT2D eigenvalue weighted by atomic mass is 9.98. The quantitative estimate of drug-likeness (QED) is 0.0771. The Morgan fingerprint density at radius 2 is 1.69 bits per heavy atom. The number of unbranched alkanes of at least 4 members (excludes halogenated alkanes) is 1. The highest BCUT2D eigenvalue weighted by atomic mass is 79.9. The predicted octanol–water partition coefficient (Wildman–Crippen LogP) is 5.35. The molecule has 2 amide bonds. The number of hydrogen-bond donors (Lipinski definition) is 5. The normalized spacial score (nSPS) is 18.7. The second-order valence-electron chi connectivity index (χ2n) is 13.9. The molecule has 4 atom stereocenters. The summed E-state index contributed by atoms with van der Waals surface area (Å²) < 4.78 is 19.9. The van der Waals surface area contributed by atoms with Crippen LogP contribution in [0.25, 0.3) is 11.1 Å². The van der Waals surface area contributed by atoms with E-state index in [0.29, 0.717) is 24.8 Å². The monoisotopic (exact) mass is 817 g/mol. The van der Waals surface area contributed by atoms with E-state index in [0.717, 1.165) is 26.7 Å². The summed E-state index contributed by atoms with van der Waals surface area (Å²) in [7, 11) is 0. The molecule has 6 rings (SSSR count). The van der Waals surface area contributed by atoms with Gasteiger partial charge in [-0.15, -0.1) is 0 Å². The van der Waals surface area contributed by atoms with Gasteiger partial charge in [-0.25, -0.2) is 9.59 Å². The number of nitrogens with one attached hydrogen (secondary N) is 2. The highest BCUT2D eigenvalue weighted by molar-refractivity contribution is 9.10. The number of aromatic nitrogens is 2. The zero-order valence-corrected chi connectivity index (χ0v) is 32.0. The van der Waals surface area contributed by atoms with Gasteiger partial charge in [0.05, 0.1) is 12.7 Å². The number of hydrogen-bond acceptors (Lipinski definition) is 10. The minimum absolute atomic E-state index is 0.0617. The number of fused-ring (bicyclic) bond motifs is 3. The highest BCUT2D eigenvalue weighted by Crippen LogP contribution is 2.44. The van der Waals surface area contributed by atoms with Gasteiger partial charge in [-0.3, -0.25) is 14.4 Å². The molecule has 1 aliphatic heterocycles. The molecule has 3 aromatic carbocycles. The summed E-state index contributed by atoms with van der Waals surface area (Å²) >= 11 is 3.36. The van der Waals surface area contributed by atoms with E-state index >= 15 is 0 Å². The first-order chi connectivity index (χ1) is 26.4. The van der Waals surface area contributed by atoms with E-state index in [1.807, 2.05) is 48.5 Å². The number of anilines is 1. The van der Waals surface area contributed by atoms with Gasteiger partial charge in [-0.1, -0.05) is 64.5 Å². The van der Waals surface area contributed by atoms with Crippen LogP contribution in [0.15, 0.2) is 94.5 Å². The molecular formula is C40H44BrN5O9. The molecule has 1 fully saturated rings. The molecule has 4 aromatic rings. The third-order valence-electron chi connectivity index (χ3n) is 9.34. The maximum Gasteiger partial charge on any atom is 0.407 e. The number of alkyl carbamates (subject to hydrolysis) is 1. The lowest BCUT2D eigenvalue weighted by molar-refractivity contribution is -0.223. The number of carbonyl (C=O) groups is 3. The fourth-order valence-corrected chi connectivity index (χ4v) is 7.09. The molecule has 2 aliphatic rings. The molecule has 15 heteroatoms. The van der Waals surface area contributed by atoms with Crippen LogP contribution in [0.3, 0.4) is 0 Å². The Morgan fingerprint density at radius 1 is 1.02 bits per heavy atom. The molecule has 0 spiro atoms. The van der Waals surface area contributed by atoms with Gasteiger partial charge in [0, 0.05) is 35.1 Å². The fraction of sp³-hybridized carbons (Fsp3) is 0.375. The first-order valence-electron chi connectivity index (χ1n) is 18.1. The number of carboxylic acids is 1. The van der Waals surface area contributed by atoms with Crippen molar-refractivity contribution in [2.45, 2.75) is 75.7 Å². The fourth-order valence-electron chi connectivity index (χ4n) is 6.83. The average Bonchev–Trinajstić information content (AvgIpc) is 3.71. The number of aliphatic carboxylic acids is 1. The molecule has 1 saturated heterocycles. The molecule has 0 bridgehead atoms. The Balaban J connectivity index is 1.11. The highest BCUT2D eigenvalue weighted by Gasteiger charge is 2.40. The summed E-state index contributed by atoms with van der Waals surface area (Å²) in [4.78, 5) is 47.2. The van der Waals surface area contributed by atoms with Crippen LogP contribution in [-0.2, 0) is 19.0 Å². The number of carbonyl (C=O) groups excluding carboxylic acids is 2. The minimum Gasteiger partial charge on any atom is -0.480 e. The van der Waals surface area contributed by atoms with Crippen LogP contribution in [0.2, 0.25) is 0 Å². The zero-order valence-electron chi connectivity index (χ0n) is 30.4. The van der Waals surface area contributed by atoms with E-state index in [9.17, 15) is 29.7 Å². The first kappa shape index (κ1) is 39.8. The molecule has 290 valence electrons. The van der Waals surface area contributed by atoms with E-state index in [-0.39, 0.29) is 49.4 Å². The number of halogens is 1. The molecule has 1 unspecified atom stereocenters. The number of rotatable bonds is 15. The van der Waals surface area contributed by atoms with Gasteiger partial charge in [0.1, 0.15) is 24.6 Å². The van der Waals surface area contributed by atoms with Crippen molar-refractivity contribution >= 4 is 39.7 Å². The van der Waals surface area contributed by atoms with E-state index in [1.165, 1.54) is 13.8 Å². The second-order valence-corrected chi connectivity index (χ2v) is 14.8. The number of carboxylic acid groups (broad SMARTS) is 1. The van der Waals surface area contributed by atoms with Crippen molar-refractivity contribution < 1.29 is 43.9 Å². The van der Waals surface area contributed by atoms with Crippen LogP contribution in [0.5, 0.6) is 0 Å². The lowest BCUT2D eigenvalue weighted by Crippen LogP contribution is -2.41. The Labute approximate surface area is 326 Å². The van der Waals surface area contributed by atoms with E-state index in [2.05, 4.69) is 36.5 Å². The smallest absolute Gasteiger partial charge is 0.407 e. The largest absolute Gasteiger partial charge is 0.480 e. The topological polar surface area (TPSA) is 194 Å².